The van der Waals surface area contributed by atoms with Crippen LogP contribution in [0.15, 0.2) is 42.5 Å². The third-order valence-corrected chi connectivity index (χ3v) is 5.80. The topological polar surface area (TPSA) is 67.9 Å². The Morgan fingerprint density at radius 2 is 1.88 bits per heavy atom. The SMILES string of the molecule is CC[C@H](C(=O)NCC(C)C)N(Cc1ccccc1Cl)C(=O)CCc1ccc2c(c1)OCO2. The predicted molar refractivity (Wildman–Crippen MR) is 125 cm³/mol. The Morgan fingerprint density at radius 3 is 2.59 bits per heavy atom. The molecule has 1 heterocycles. The highest BCUT2D eigenvalue weighted by molar-refractivity contribution is 6.31. The Balaban J connectivity index is 1.76. The molecule has 0 radical (unpaired) electrons. The number of aryl methyl sites for hydroxylation is 1. The Hall–Kier alpha value is -2.73. The molecule has 0 spiro atoms. The second-order valence-electron chi connectivity index (χ2n) is 8.36. The maximum atomic E-state index is 13.4. The molecule has 1 aliphatic heterocycles. The summed E-state index contributed by atoms with van der Waals surface area (Å²) in [6.45, 7) is 7.07. The number of halogens is 1. The van der Waals surface area contributed by atoms with Crippen LogP contribution in [0.3, 0.4) is 0 Å². The highest BCUT2D eigenvalue weighted by Gasteiger charge is 2.29. The number of rotatable bonds is 10. The molecule has 0 aliphatic carbocycles. The van der Waals surface area contributed by atoms with Crippen LogP contribution < -0.4 is 14.8 Å². The molecule has 0 aromatic heterocycles. The fraction of sp³-hybridized carbons (Fsp3) is 0.440. The third-order valence-electron chi connectivity index (χ3n) is 5.43. The smallest absolute Gasteiger partial charge is 0.242 e. The van der Waals surface area contributed by atoms with E-state index in [4.69, 9.17) is 21.1 Å². The van der Waals surface area contributed by atoms with Crippen molar-refractivity contribution in [3.8, 4) is 11.5 Å². The molecule has 6 nitrogen and oxygen atoms in total. The Bertz CT molecular complexity index is 947. The van der Waals surface area contributed by atoms with Gasteiger partial charge in [-0.1, -0.05) is 56.6 Å². The quantitative estimate of drug-likeness (QED) is 0.565. The molecule has 0 bridgehead atoms. The molecular formula is C25H31ClN2O4. The maximum absolute atomic E-state index is 13.4. The standard InChI is InChI=1S/C25H31ClN2O4/c1-4-21(25(30)27-14-17(2)3)28(15-19-7-5-6-8-20(19)26)24(29)12-10-18-9-11-22-23(13-18)32-16-31-22/h5-9,11,13,17,21H,4,10,12,14-16H2,1-3H3,(H,27,30)/t21-/m1/s1. The van der Waals surface area contributed by atoms with Gasteiger partial charge in [-0.05, 0) is 48.1 Å². The zero-order chi connectivity index (χ0) is 23.1. The molecule has 0 fully saturated rings. The monoisotopic (exact) mass is 458 g/mol. The van der Waals surface area contributed by atoms with Gasteiger partial charge in [-0.15, -0.1) is 0 Å². The van der Waals surface area contributed by atoms with Crippen LogP contribution in [0.4, 0.5) is 0 Å². The fourth-order valence-electron chi connectivity index (χ4n) is 3.64. The number of amides is 2. The van der Waals surface area contributed by atoms with Crippen molar-refractivity contribution in [2.24, 2.45) is 5.92 Å². The van der Waals surface area contributed by atoms with Crippen LogP contribution in [0.2, 0.25) is 5.02 Å². The molecule has 0 saturated carbocycles. The molecule has 1 N–H and O–H groups in total. The molecule has 172 valence electrons. The number of carbonyl (C=O) groups excluding carboxylic acids is 2. The van der Waals surface area contributed by atoms with E-state index in [2.05, 4.69) is 5.32 Å². The first kappa shape index (κ1) is 23.9. The summed E-state index contributed by atoms with van der Waals surface area (Å²) in [7, 11) is 0. The van der Waals surface area contributed by atoms with Gasteiger partial charge in [0, 0.05) is 24.5 Å². The van der Waals surface area contributed by atoms with E-state index in [9.17, 15) is 9.59 Å². The van der Waals surface area contributed by atoms with E-state index in [-0.39, 0.29) is 31.6 Å². The first-order valence-electron chi connectivity index (χ1n) is 11.1. The lowest BCUT2D eigenvalue weighted by molar-refractivity contribution is -0.141. The second-order valence-corrected chi connectivity index (χ2v) is 8.77. The van der Waals surface area contributed by atoms with Gasteiger partial charge in [-0.3, -0.25) is 9.59 Å². The average molecular weight is 459 g/mol. The largest absolute Gasteiger partial charge is 0.454 e. The van der Waals surface area contributed by atoms with Gasteiger partial charge in [0.25, 0.3) is 0 Å². The van der Waals surface area contributed by atoms with E-state index in [0.29, 0.717) is 41.8 Å². The molecule has 1 aliphatic rings. The summed E-state index contributed by atoms with van der Waals surface area (Å²) in [6.07, 6.45) is 1.33. The van der Waals surface area contributed by atoms with Gasteiger partial charge in [-0.25, -0.2) is 0 Å². The summed E-state index contributed by atoms with van der Waals surface area (Å²) in [5.74, 6) is 1.52. The first-order valence-corrected chi connectivity index (χ1v) is 11.5. The zero-order valence-corrected chi connectivity index (χ0v) is 19.7. The minimum absolute atomic E-state index is 0.0888. The first-order chi connectivity index (χ1) is 15.4. The summed E-state index contributed by atoms with van der Waals surface area (Å²) < 4.78 is 10.8. The van der Waals surface area contributed by atoms with E-state index in [0.717, 1.165) is 11.1 Å². The Morgan fingerprint density at radius 1 is 1.12 bits per heavy atom. The summed E-state index contributed by atoms with van der Waals surface area (Å²) in [5.41, 5.74) is 1.80. The molecular weight excluding hydrogens is 428 g/mol. The van der Waals surface area contributed by atoms with Crippen LogP contribution >= 0.6 is 11.6 Å². The highest BCUT2D eigenvalue weighted by Crippen LogP contribution is 2.33. The van der Waals surface area contributed by atoms with Gasteiger partial charge in [0.1, 0.15) is 6.04 Å². The van der Waals surface area contributed by atoms with E-state index >= 15 is 0 Å². The van der Waals surface area contributed by atoms with Crippen molar-refractivity contribution in [1.29, 1.82) is 0 Å². The number of nitrogens with one attached hydrogen (secondary N) is 1. The molecule has 3 rings (SSSR count). The van der Waals surface area contributed by atoms with Crippen molar-refractivity contribution in [2.45, 2.75) is 52.6 Å². The number of ether oxygens (including phenoxy) is 2. The number of fused-ring (bicyclic) bond motifs is 1. The summed E-state index contributed by atoms with van der Waals surface area (Å²) in [6, 6.07) is 12.6. The van der Waals surface area contributed by atoms with Crippen LogP contribution in [0.25, 0.3) is 0 Å². The predicted octanol–water partition coefficient (Wildman–Crippen LogP) is 4.58. The van der Waals surface area contributed by atoms with Gasteiger partial charge >= 0.3 is 0 Å². The molecule has 2 aromatic rings. The van der Waals surface area contributed by atoms with E-state index in [1.165, 1.54) is 0 Å². The number of hydrogen-bond donors (Lipinski definition) is 1. The average Bonchev–Trinajstić information content (AvgIpc) is 3.25. The van der Waals surface area contributed by atoms with Gasteiger partial charge < -0.3 is 19.7 Å². The summed E-state index contributed by atoms with van der Waals surface area (Å²) in [4.78, 5) is 27.9. The van der Waals surface area contributed by atoms with Crippen LogP contribution in [-0.2, 0) is 22.6 Å². The molecule has 7 heteroatoms. The van der Waals surface area contributed by atoms with Crippen LogP contribution in [-0.4, -0.2) is 36.1 Å². The fourth-order valence-corrected chi connectivity index (χ4v) is 3.84. The van der Waals surface area contributed by atoms with Crippen LogP contribution in [0.5, 0.6) is 11.5 Å². The highest BCUT2D eigenvalue weighted by atomic mass is 35.5. The second kappa shape index (κ2) is 11.2. The van der Waals surface area contributed by atoms with Crippen molar-refractivity contribution in [2.75, 3.05) is 13.3 Å². The van der Waals surface area contributed by atoms with Gasteiger partial charge in [0.05, 0.1) is 0 Å². The third kappa shape index (κ3) is 6.16. The molecule has 2 amide bonds. The number of carbonyl (C=O) groups is 2. The number of nitrogens with zero attached hydrogens (tertiary/aromatic N) is 1. The number of hydrogen-bond acceptors (Lipinski definition) is 4. The Labute approximate surface area is 194 Å². The lowest BCUT2D eigenvalue weighted by Crippen LogP contribution is -2.49. The molecule has 32 heavy (non-hydrogen) atoms. The van der Waals surface area contributed by atoms with Crippen LogP contribution in [0, 0.1) is 5.92 Å². The van der Waals surface area contributed by atoms with Crippen molar-refractivity contribution in [3.63, 3.8) is 0 Å². The minimum atomic E-state index is -0.561. The molecule has 1 atom stereocenters. The van der Waals surface area contributed by atoms with E-state index < -0.39 is 6.04 Å². The van der Waals surface area contributed by atoms with Crippen molar-refractivity contribution < 1.29 is 19.1 Å². The van der Waals surface area contributed by atoms with Gasteiger partial charge in [-0.2, -0.15) is 0 Å². The van der Waals surface area contributed by atoms with Crippen molar-refractivity contribution in [3.05, 3.63) is 58.6 Å². The van der Waals surface area contributed by atoms with Crippen molar-refractivity contribution >= 4 is 23.4 Å². The summed E-state index contributed by atoms with van der Waals surface area (Å²) in [5, 5.41) is 3.56. The lowest BCUT2D eigenvalue weighted by atomic mass is 10.1. The summed E-state index contributed by atoms with van der Waals surface area (Å²) >= 11 is 6.37. The van der Waals surface area contributed by atoms with Gasteiger partial charge in [0.2, 0.25) is 18.6 Å². The van der Waals surface area contributed by atoms with Gasteiger partial charge in [0.15, 0.2) is 11.5 Å². The molecule has 0 saturated heterocycles. The minimum Gasteiger partial charge on any atom is -0.454 e. The Kier molecular flexibility index (Phi) is 8.39. The van der Waals surface area contributed by atoms with Crippen LogP contribution in [0.1, 0.15) is 44.7 Å². The lowest BCUT2D eigenvalue weighted by Gasteiger charge is -2.31. The van der Waals surface area contributed by atoms with Crippen molar-refractivity contribution in [1.82, 2.24) is 10.2 Å². The molecule has 2 aromatic carbocycles. The van der Waals surface area contributed by atoms with E-state index in [1.807, 2.05) is 57.2 Å². The maximum Gasteiger partial charge on any atom is 0.242 e. The van der Waals surface area contributed by atoms with E-state index in [1.54, 1.807) is 11.0 Å². The normalized spacial score (nSPS) is 13.2. The molecule has 0 unspecified atom stereocenters. The number of benzene rings is 2. The zero-order valence-electron chi connectivity index (χ0n) is 18.9.